The third-order valence-electron chi connectivity index (χ3n) is 4.96. The lowest BCUT2D eigenvalue weighted by Gasteiger charge is -2.30. The molecule has 1 fully saturated rings. The lowest BCUT2D eigenvalue weighted by Crippen LogP contribution is -2.38. The molecule has 1 aliphatic rings. The molecule has 1 aliphatic heterocycles. The SMILES string of the molecule is COCC(=O)Nc1ccc(N(C)C)c(CN(C[C@@H]2CCCO2)C(=O)CC(C)(C)C)c1. The van der Waals surface area contributed by atoms with Gasteiger partial charge in [-0.15, -0.1) is 0 Å². The van der Waals surface area contributed by atoms with Gasteiger partial charge < -0.3 is 24.6 Å². The summed E-state index contributed by atoms with van der Waals surface area (Å²) in [5, 5.41) is 2.85. The Kier molecular flexibility index (Phi) is 8.67. The first kappa shape index (κ1) is 24.2. The van der Waals surface area contributed by atoms with Gasteiger partial charge in [-0.25, -0.2) is 0 Å². The van der Waals surface area contributed by atoms with E-state index in [9.17, 15) is 9.59 Å². The number of hydrogen-bond donors (Lipinski definition) is 1. The topological polar surface area (TPSA) is 71.1 Å². The number of amides is 2. The highest BCUT2D eigenvalue weighted by atomic mass is 16.5. The van der Waals surface area contributed by atoms with E-state index in [1.807, 2.05) is 42.1 Å². The molecular weight excluding hydrogens is 382 g/mol. The first-order valence-corrected chi connectivity index (χ1v) is 10.6. The van der Waals surface area contributed by atoms with E-state index < -0.39 is 0 Å². The predicted molar refractivity (Wildman–Crippen MR) is 120 cm³/mol. The number of carbonyl (C=O) groups excluding carboxylic acids is 2. The van der Waals surface area contributed by atoms with Crippen LogP contribution in [0.5, 0.6) is 0 Å². The molecule has 7 heteroatoms. The Balaban J connectivity index is 2.27. The van der Waals surface area contributed by atoms with Crippen LogP contribution in [0.4, 0.5) is 11.4 Å². The van der Waals surface area contributed by atoms with Gasteiger partial charge in [0.05, 0.1) is 6.10 Å². The molecule has 1 N–H and O–H groups in total. The molecule has 0 aliphatic carbocycles. The molecule has 168 valence electrons. The second kappa shape index (κ2) is 10.8. The number of ether oxygens (including phenoxy) is 2. The van der Waals surface area contributed by atoms with Crippen molar-refractivity contribution >= 4 is 23.2 Å². The first-order chi connectivity index (χ1) is 14.1. The molecular formula is C23H37N3O4. The average Bonchev–Trinajstić information content (AvgIpc) is 3.13. The Morgan fingerprint density at radius 1 is 1.27 bits per heavy atom. The molecule has 30 heavy (non-hydrogen) atoms. The molecule has 2 rings (SSSR count). The molecule has 0 spiro atoms. The number of anilines is 2. The monoisotopic (exact) mass is 419 g/mol. The summed E-state index contributed by atoms with van der Waals surface area (Å²) >= 11 is 0. The van der Waals surface area contributed by atoms with Gasteiger partial charge in [-0.1, -0.05) is 20.8 Å². The highest BCUT2D eigenvalue weighted by Gasteiger charge is 2.26. The van der Waals surface area contributed by atoms with Gasteiger partial charge in [0.2, 0.25) is 11.8 Å². The van der Waals surface area contributed by atoms with E-state index in [0.717, 1.165) is 30.7 Å². The molecule has 1 saturated heterocycles. The van der Waals surface area contributed by atoms with Gasteiger partial charge in [-0.2, -0.15) is 0 Å². The van der Waals surface area contributed by atoms with Crippen molar-refractivity contribution in [2.24, 2.45) is 5.41 Å². The van der Waals surface area contributed by atoms with Crippen molar-refractivity contribution in [1.29, 1.82) is 0 Å². The van der Waals surface area contributed by atoms with Gasteiger partial charge in [0.1, 0.15) is 6.61 Å². The van der Waals surface area contributed by atoms with Crippen LogP contribution in [0, 0.1) is 5.41 Å². The Bertz CT molecular complexity index is 722. The van der Waals surface area contributed by atoms with Gasteiger partial charge >= 0.3 is 0 Å². The van der Waals surface area contributed by atoms with E-state index in [0.29, 0.717) is 25.2 Å². The van der Waals surface area contributed by atoms with E-state index in [1.54, 1.807) is 0 Å². The number of nitrogens with zero attached hydrogens (tertiary/aromatic N) is 2. The van der Waals surface area contributed by atoms with Gasteiger partial charge in [-0.3, -0.25) is 9.59 Å². The highest BCUT2D eigenvalue weighted by molar-refractivity contribution is 5.92. The Labute approximate surface area is 180 Å². The van der Waals surface area contributed by atoms with Crippen LogP contribution in [0.3, 0.4) is 0 Å². The normalized spacial score (nSPS) is 16.4. The third-order valence-corrected chi connectivity index (χ3v) is 4.96. The Hall–Kier alpha value is -2.12. The fourth-order valence-electron chi connectivity index (χ4n) is 3.61. The number of carbonyl (C=O) groups is 2. The van der Waals surface area contributed by atoms with Crippen LogP contribution in [0.15, 0.2) is 18.2 Å². The summed E-state index contributed by atoms with van der Waals surface area (Å²) in [6, 6.07) is 5.78. The van der Waals surface area contributed by atoms with Crippen molar-refractivity contribution in [3.8, 4) is 0 Å². The second-order valence-electron chi connectivity index (χ2n) is 9.37. The summed E-state index contributed by atoms with van der Waals surface area (Å²) in [4.78, 5) is 29.0. The van der Waals surface area contributed by atoms with E-state index in [4.69, 9.17) is 9.47 Å². The minimum atomic E-state index is -0.207. The summed E-state index contributed by atoms with van der Waals surface area (Å²) < 4.78 is 10.7. The number of hydrogen-bond acceptors (Lipinski definition) is 5. The fraction of sp³-hybridized carbons (Fsp3) is 0.652. The third kappa shape index (κ3) is 7.61. The molecule has 1 aromatic rings. The zero-order valence-electron chi connectivity index (χ0n) is 19.3. The summed E-state index contributed by atoms with van der Waals surface area (Å²) in [6.07, 6.45) is 2.57. The van der Waals surface area contributed by atoms with Gasteiger partial charge in [0, 0.05) is 58.7 Å². The van der Waals surface area contributed by atoms with Gasteiger partial charge in [0.15, 0.2) is 0 Å². The summed E-state index contributed by atoms with van der Waals surface area (Å²) in [7, 11) is 5.44. The summed E-state index contributed by atoms with van der Waals surface area (Å²) in [5.41, 5.74) is 2.60. The molecule has 1 aromatic carbocycles. The molecule has 0 unspecified atom stereocenters. The zero-order chi connectivity index (χ0) is 22.3. The maximum absolute atomic E-state index is 13.2. The Morgan fingerprint density at radius 3 is 2.57 bits per heavy atom. The molecule has 0 aromatic heterocycles. The van der Waals surface area contributed by atoms with Crippen LogP contribution < -0.4 is 10.2 Å². The van der Waals surface area contributed by atoms with Crippen molar-refractivity contribution in [3.05, 3.63) is 23.8 Å². The summed E-state index contributed by atoms with van der Waals surface area (Å²) in [5.74, 6) is -0.0856. The zero-order valence-corrected chi connectivity index (χ0v) is 19.3. The Morgan fingerprint density at radius 2 is 2.00 bits per heavy atom. The molecule has 2 amide bonds. The van der Waals surface area contributed by atoms with E-state index >= 15 is 0 Å². The van der Waals surface area contributed by atoms with Crippen molar-refractivity contribution < 1.29 is 19.1 Å². The fourth-order valence-corrected chi connectivity index (χ4v) is 3.61. The van der Waals surface area contributed by atoms with E-state index in [1.165, 1.54) is 7.11 Å². The molecule has 1 heterocycles. The highest BCUT2D eigenvalue weighted by Crippen LogP contribution is 2.27. The first-order valence-electron chi connectivity index (χ1n) is 10.6. The minimum absolute atomic E-state index is 0.0000221. The predicted octanol–water partition coefficient (Wildman–Crippen LogP) is 3.28. The van der Waals surface area contributed by atoms with Crippen LogP contribution in [0.1, 0.15) is 45.6 Å². The number of benzene rings is 1. The van der Waals surface area contributed by atoms with Crippen LogP contribution in [0.25, 0.3) is 0 Å². The van der Waals surface area contributed by atoms with Crippen molar-refractivity contribution in [3.63, 3.8) is 0 Å². The number of rotatable bonds is 9. The maximum Gasteiger partial charge on any atom is 0.250 e. The van der Waals surface area contributed by atoms with Crippen LogP contribution in [-0.4, -0.2) is 63.8 Å². The number of nitrogens with one attached hydrogen (secondary N) is 1. The van der Waals surface area contributed by atoms with Crippen molar-refractivity contribution in [1.82, 2.24) is 4.90 Å². The molecule has 0 bridgehead atoms. The standard InChI is InChI=1S/C23H37N3O4/c1-23(2,3)13-22(28)26(15-19-8-7-11-30-19)14-17-12-18(24-21(27)16-29-6)9-10-20(17)25(4)5/h9-10,12,19H,7-8,11,13-16H2,1-6H3,(H,24,27)/t19-/m0/s1. The maximum atomic E-state index is 13.2. The molecule has 0 radical (unpaired) electrons. The lowest BCUT2D eigenvalue weighted by molar-refractivity contribution is -0.135. The van der Waals surface area contributed by atoms with E-state index in [-0.39, 0.29) is 29.9 Å². The molecule has 1 atom stereocenters. The quantitative estimate of drug-likeness (QED) is 0.665. The van der Waals surface area contributed by atoms with Crippen LogP contribution in [0.2, 0.25) is 0 Å². The smallest absolute Gasteiger partial charge is 0.250 e. The molecule has 0 saturated carbocycles. The second-order valence-corrected chi connectivity index (χ2v) is 9.37. The average molecular weight is 420 g/mol. The van der Waals surface area contributed by atoms with Gasteiger partial charge in [-0.05, 0) is 42.0 Å². The minimum Gasteiger partial charge on any atom is -0.377 e. The van der Waals surface area contributed by atoms with Crippen LogP contribution in [-0.2, 0) is 25.6 Å². The molecule has 7 nitrogen and oxygen atoms in total. The van der Waals surface area contributed by atoms with E-state index in [2.05, 4.69) is 26.1 Å². The van der Waals surface area contributed by atoms with Gasteiger partial charge in [0.25, 0.3) is 0 Å². The largest absolute Gasteiger partial charge is 0.377 e. The van der Waals surface area contributed by atoms with Crippen molar-refractivity contribution in [2.45, 2.75) is 52.7 Å². The van der Waals surface area contributed by atoms with Crippen LogP contribution >= 0.6 is 0 Å². The number of methoxy groups -OCH3 is 1. The summed E-state index contributed by atoms with van der Waals surface area (Å²) in [6.45, 7) is 8.04. The lowest BCUT2D eigenvalue weighted by atomic mass is 9.91. The van der Waals surface area contributed by atoms with Crippen molar-refractivity contribution in [2.75, 3.05) is 51.2 Å².